The topological polar surface area (TPSA) is 29.3 Å². The maximum Gasteiger partial charge on any atom is 0.130 e. The molecule has 2 rings (SSSR count). The Hall–Kier alpha value is -1.00. The zero-order chi connectivity index (χ0) is 12.3. The second kappa shape index (κ2) is 5.56. The number of halogens is 2. The molecule has 1 atom stereocenters. The van der Waals surface area contributed by atoms with Crippen molar-refractivity contribution in [2.45, 2.75) is 25.3 Å². The molecule has 1 heterocycles. The van der Waals surface area contributed by atoms with E-state index in [0.717, 1.165) is 19.2 Å². The Kier molecular flexibility index (Phi) is 4.07. The van der Waals surface area contributed by atoms with Gasteiger partial charge in [-0.05, 0) is 32.0 Å². The minimum atomic E-state index is -0.559. The fourth-order valence-corrected chi connectivity index (χ4v) is 2.32. The van der Waals surface area contributed by atoms with Gasteiger partial charge < -0.3 is 10.6 Å². The molecule has 0 aromatic heterocycles. The van der Waals surface area contributed by atoms with Gasteiger partial charge >= 0.3 is 0 Å². The van der Waals surface area contributed by atoms with E-state index in [4.69, 9.17) is 5.73 Å². The summed E-state index contributed by atoms with van der Waals surface area (Å²) in [6.07, 6.45) is 3.62. The minimum absolute atomic E-state index is 0.381. The van der Waals surface area contributed by atoms with Crippen LogP contribution < -0.4 is 5.73 Å². The Morgan fingerprint density at radius 1 is 1.18 bits per heavy atom. The van der Waals surface area contributed by atoms with Crippen LogP contribution in [0.2, 0.25) is 0 Å². The molecule has 0 amide bonds. The van der Waals surface area contributed by atoms with Gasteiger partial charge in [0.25, 0.3) is 0 Å². The second-order valence-electron chi connectivity index (χ2n) is 4.63. The summed E-state index contributed by atoms with van der Waals surface area (Å²) in [7, 11) is 0. The fraction of sp³-hybridized carbons (Fsp3) is 0.538. The van der Waals surface area contributed by atoms with Crippen molar-refractivity contribution in [3.05, 3.63) is 35.4 Å². The van der Waals surface area contributed by atoms with Crippen LogP contribution in [0.15, 0.2) is 18.2 Å². The highest BCUT2D eigenvalue weighted by Gasteiger charge is 2.17. The summed E-state index contributed by atoms with van der Waals surface area (Å²) in [5, 5.41) is 0. The average Bonchev–Trinajstić information content (AvgIpc) is 2.30. The van der Waals surface area contributed by atoms with Crippen LogP contribution in [-0.2, 0) is 0 Å². The van der Waals surface area contributed by atoms with Gasteiger partial charge in [0, 0.05) is 24.2 Å². The minimum Gasteiger partial charge on any atom is -0.323 e. The molecule has 1 unspecified atom stereocenters. The number of piperidine rings is 1. The van der Waals surface area contributed by atoms with Crippen molar-refractivity contribution >= 4 is 0 Å². The van der Waals surface area contributed by atoms with E-state index in [0.29, 0.717) is 12.1 Å². The molecule has 1 fully saturated rings. The summed E-state index contributed by atoms with van der Waals surface area (Å²) in [4.78, 5) is 2.25. The van der Waals surface area contributed by atoms with Gasteiger partial charge in [0.1, 0.15) is 11.6 Å². The molecule has 2 nitrogen and oxygen atoms in total. The molecule has 1 aromatic rings. The lowest BCUT2D eigenvalue weighted by molar-refractivity contribution is 0.215. The van der Waals surface area contributed by atoms with Crippen LogP contribution in [0.5, 0.6) is 0 Å². The van der Waals surface area contributed by atoms with Crippen LogP contribution in [0.1, 0.15) is 30.9 Å². The van der Waals surface area contributed by atoms with Crippen LogP contribution in [0.4, 0.5) is 8.78 Å². The van der Waals surface area contributed by atoms with Crippen molar-refractivity contribution in [1.82, 2.24) is 4.90 Å². The number of nitrogens with zero attached hydrogens (tertiary/aromatic N) is 1. The molecular formula is C13H18F2N2. The summed E-state index contributed by atoms with van der Waals surface area (Å²) in [6.45, 7) is 2.69. The van der Waals surface area contributed by atoms with Crippen molar-refractivity contribution in [2.24, 2.45) is 5.73 Å². The van der Waals surface area contributed by atoms with E-state index in [1.165, 1.54) is 31.4 Å². The SMILES string of the molecule is NC(CN1CCCCC1)c1ccc(F)cc1F. The molecule has 0 radical (unpaired) electrons. The third-order valence-electron chi connectivity index (χ3n) is 3.27. The molecule has 0 spiro atoms. The number of hydrogen-bond donors (Lipinski definition) is 1. The average molecular weight is 240 g/mol. The largest absolute Gasteiger partial charge is 0.323 e. The molecule has 0 bridgehead atoms. The molecule has 17 heavy (non-hydrogen) atoms. The van der Waals surface area contributed by atoms with Gasteiger partial charge in [-0.2, -0.15) is 0 Å². The Bertz CT molecular complexity index is 376. The van der Waals surface area contributed by atoms with Gasteiger partial charge in [-0.3, -0.25) is 0 Å². The highest BCUT2D eigenvalue weighted by atomic mass is 19.1. The molecule has 4 heteroatoms. The zero-order valence-electron chi connectivity index (χ0n) is 9.83. The van der Waals surface area contributed by atoms with Crippen molar-refractivity contribution in [2.75, 3.05) is 19.6 Å². The standard InChI is InChI=1S/C13H18F2N2/c14-10-4-5-11(12(15)8-10)13(16)9-17-6-2-1-3-7-17/h4-5,8,13H,1-3,6-7,9,16H2. The van der Waals surface area contributed by atoms with Crippen LogP contribution in [0, 0.1) is 11.6 Å². The summed E-state index contributed by atoms with van der Waals surface area (Å²) in [5.74, 6) is -1.11. The van der Waals surface area contributed by atoms with E-state index in [-0.39, 0.29) is 6.04 Å². The van der Waals surface area contributed by atoms with Gasteiger partial charge in [0.05, 0.1) is 0 Å². The Morgan fingerprint density at radius 3 is 2.53 bits per heavy atom. The lowest BCUT2D eigenvalue weighted by Crippen LogP contribution is -2.36. The molecule has 1 aliphatic rings. The van der Waals surface area contributed by atoms with E-state index in [2.05, 4.69) is 4.90 Å². The molecule has 2 N–H and O–H groups in total. The second-order valence-corrected chi connectivity index (χ2v) is 4.63. The Labute approximate surface area is 100 Å². The molecule has 0 saturated carbocycles. The quantitative estimate of drug-likeness (QED) is 0.879. The Morgan fingerprint density at radius 2 is 1.88 bits per heavy atom. The normalized spacial score (nSPS) is 19.2. The number of nitrogens with two attached hydrogens (primary N) is 1. The van der Waals surface area contributed by atoms with Gasteiger partial charge in [-0.1, -0.05) is 12.5 Å². The van der Waals surface area contributed by atoms with Crippen LogP contribution >= 0.6 is 0 Å². The third kappa shape index (κ3) is 3.23. The fourth-order valence-electron chi connectivity index (χ4n) is 2.32. The maximum absolute atomic E-state index is 13.5. The highest BCUT2D eigenvalue weighted by Crippen LogP contribution is 2.19. The summed E-state index contributed by atoms with van der Waals surface area (Å²) in [5.41, 5.74) is 6.37. The lowest BCUT2D eigenvalue weighted by atomic mass is 10.0. The summed E-state index contributed by atoms with van der Waals surface area (Å²) in [6, 6.07) is 3.22. The maximum atomic E-state index is 13.5. The smallest absolute Gasteiger partial charge is 0.130 e. The first kappa shape index (κ1) is 12.5. The van der Waals surface area contributed by atoms with Gasteiger partial charge in [-0.15, -0.1) is 0 Å². The van der Waals surface area contributed by atoms with E-state index < -0.39 is 11.6 Å². The number of hydrogen-bond acceptors (Lipinski definition) is 2. The zero-order valence-corrected chi connectivity index (χ0v) is 9.83. The van der Waals surface area contributed by atoms with E-state index in [9.17, 15) is 8.78 Å². The first-order chi connectivity index (χ1) is 8.16. The van der Waals surface area contributed by atoms with Gasteiger partial charge in [-0.25, -0.2) is 8.78 Å². The molecule has 1 saturated heterocycles. The predicted octanol–water partition coefficient (Wildman–Crippen LogP) is 2.45. The predicted molar refractivity (Wildman–Crippen MR) is 63.6 cm³/mol. The molecule has 94 valence electrons. The van der Waals surface area contributed by atoms with Crippen molar-refractivity contribution in [1.29, 1.82) is 0 Å². The molecule has 1 aliphatic heterocycles. The first-order valence-corrected chi connectivity index (χ1v) is 6.09. The van der Waals surface area contributed by atoms with Gasteiger partial charge in [0.2, 0.25) is 0 Å². The first-order valence-electron chi connectivity index (χ1n) is 6.09. The van der Waals surface area contributed by atoms with Crippen LogP contribution in [-0.4, -0.2) is 24.5 Å². The summed E-state index contributed by atoms with van der Waals surface area (Å²) >= 11 is 0. The van der Waals surface area contributed by atoms with E-state index >= 15 is 0 Å². The number of benzene rings is 1. The monoisotopic (exact) mass is 240 g/mol. The molecular weight excluding hydrogens is 222 g/mol. The third-order valence-corrected chi connectivity index (χ3v) is 3.27. The summed E-state index contributed by atoms with van der Waals surface area (Å²) < 4.78 is 26.3. The van der Waals surface area contributed by atoms with E-state index in [1.54, 1.807) is 0 Å². The van der Waals surface area contributed by atoms with Crippen LogP contribution in [0.3, 0.4) is 0 Å². The van der Waals surface area contributed by atoms with Crippen LogP contribution in [0.25, 0.3) is 0 Å². The highest BCUT2D eigenvalue weighted by molar-refractivity contribution is 5.22. The number of likely N-dealkylation sites (tertiary alicyclic amines) is 1. The van der Waals surface area contributed by atoms with Gasteiger partial charge in [0.15, 0.2) is 0 Å². The van der Waals surface area contributed by atoms with E-state index in [1.807, 2.05) is 0 Å². The molecule has 0 aliphatic carbocycles. The lowest BCUT2D eigenvalue weighted by Gasteiger charge is -2.29. The molecule has 1 aromatic carbocycles. The Balaban J connectivity index is 2.00. The number of rotatable bonds is 3. The van der Waals surface area contributed by atoms with Crippen molar-refractivity contribution in [3.63, 3.8) is 0 Å². The van der Waals surface area contributed by atoms with Crippen molar-refractivity contribution in [3.8, 4) is 0 Å². The van der Waals surface area contributed by atoms with Crippen molar-refractivity contribution < 1.29 is 8.78 Å².